The van der Waals surface area contributed by atoms with E-state index < -0.39 is 8.32 Å². The average molecular weight is 353 g/mol. The van der Waals surface area contributed by atoms with Crippen LogP contribution in [0.4, 0.5) is 0 Å². The molecule has 1 aromatic rings. The minimum absolute atomic E-state index is 0.172. The second-order valence-electron chi connectivity index (χ2n) is 8.15. The van der Waals surface area contributed by atoms with Crippen molar-refractivity contribution in [3.8, 4) is 0 Å². The van der Waals surface area contributed by atoms with Gasteiger partial charge in [-0.3, -0.25) is 0 Å². The Morgan fingerprint density at radius 3 is 2.25 bits per heavy atom. The zero-order valence-electron chi connectivity index (χ0n) is 16.6. The first-order chi connectivity index (χ1) is 11.2. The summed E-state index contributed by atoms with van der Waals surface area (Å²) < 4.78 is 17.8. The molecule has 0 amide bonds. The summed E-state index contributed by atoms with van der Waals surface area (Å²) in [6, 6.07) is 10.3. The molecule has 0 bridgehead atoms. The maximum Gasteiger partial charge on any atom is 0.191 e. The van der Waals surface area contributed by atoms with Gasteiger partial charge in [-0.15, -0.1) is 0 Å². The van der Waals surface area contributed by atoms with Crippen LogP contribution in [0.3, 0.4) is 0 Å². The van der Waals surface area contributed by atoms with E-state index >= 15 is 0 Å². The molecule has 0 aliphatic carbocycles. The highest BCUT2D eigenvalue weighted by atomic mass is 28.4. The molecule has 0 aliphatic rings. The van der Waals surface area contributed by atoms with E-state index in [0.717, 1.165) is 13.0 Å². The Bertz CT molecular complexity index is 454. The van der Waals surface area contributed by atoms with Crippen molar-refractivity contribution in [2.24, 2.45) is 5.92 Å². The van der Waals surface area contributed by atoms with Crippen LogP contribution in [0.2, 0.25) is 18.1 Å². The predicted molar refractivity (Wildman–Crippen MR) is 104 cm³/mol. The molecule has 0 radical (unpaired) electrons. The zero-order valence-corrected chi connectivity index (χ0v) is 17.6. The van der Waals surface area contributed by atoms with Gasteiger partial charge in [0.2, 0.25) is 0 Å². The van der Waals surface area contributed by atoms with Crippen molar-refractivity contribution in [3.05, 3.63) is 35.9 Å². The van der Waals surface area contributed by atoms with Gasteiger partial charge in [-0.05, 0) is 30.1 Å². The molecule has 4 heteroatoms. The number of hydrogen-bond acceptors (Lipinski definition) is 3. The van der Waals surface area contributed by atoms with E-state index in [1.165, 1.54) is 5.56 Å². The van der Waals surface area contributed by atoms with E-state index in [1.54, 1.807) is 7.11 Å². The van der Waals surface area contributed by atoms with Gasteiger partial charge >= 0.3 is 0 Å². The lowest BCUT2D eigenvalue weighted by molar-refractivity contribution is 0.00426. The summed E-state index contributed by atoms with van der Waals surface area (Å²) in [6.07, 6.45) is 1.07. The third kappa shape index (κ3) is 7.05. The zero-order chi connectivity index (χ0) is 18.2. The van der Waals surface area contributed by atoms with Crippen LogP contribution in [-0.2, 0) is 20.5 Å². The Labute approximate surface area is 149 Å². The van der Waals surface area contributed by atoms with Gasteiger partial charge in [-0.1, -0.05) is 58.0 Å². The van der Waals surface area contributed by atoms with E-state index in [-0.39, 0.29) is 11.1 Å². The van der Waals surface area contributed by atoms with Gasteiger partial charge in [0.1, 0.15) is 0 Å². The summed E-state index contributed by atoms with van der Waals surface area (Å²) in [5.41, 5.74) is 1.21. The highest BCUT2D eigenvalue weighted by molar-refractivity contribution is 6.74. The van der Waals surface area contributed by atoms with Crippen LogP contribution in [0.1, 0.15) is 39.7 Å². The number of methoxy groups -OCH3 is 1. The van der Waals surface area contributed by atoms with Crippen LogP contribution in [0.15, 0.2) is 30.3 Å². The molecule has 2 atom stereocenters. The summed E-state index contributed by atoms with van der Waals surface area (Å²) in [4.78, 5) is 0. The SMILES string of the molecule is CO[C@@H](CCOCc1ccccc1)[C@H](C)CO[Si](C)(C)C(C)(C)C. The van der Waals surface area contributed by atoms with Gasteiger partial charge in [0.25, 0.3) is 0 Å². The molecule has 0 aromatic heterocycles. The molecule has 1 aromatic carbocycles. The lowest BCUT2D eigenvalue weighted by Gasteiger charge is -2.37. The van der Waals surface area contributed by atoms with E-state index in [1.807, 2.05) is 18.2 Å². The van der Waals surface area contributed by atoms with Gasteiger partial charge in [-0.25, -0.2) is 0 Å². The Hall–Kier alpha value is -0.683. The predicted octanol–water partition coefficient (Wildman–Crippen LogP) is 5.27. The minimum Gasteiger partial charge on any atom is -0.416 e. The molecule has 1 rings (SSSR count). The summed E-state index contributed by atoms with van der Waals surface area (Å²) in [5.74, 6) is 0.365. The fraction of sp³-hybridized carbons (Fsp3) is 0.700. The first-order valence-electron chi connectivity index (χ1n) is 8.96. The Morgan fingerprint density at radius 1 is 1.08 bits per heavy atom. The second-order valence-corrected chi connectivity index (χ2v) is 13.0. The molecule has 0 fully saturated rings. The molecule has 24 heavy (non-hydrogen) atoms. The first kappa shape index (κ1) is 21.4. The fourth-order valence-electron chi connectivity index (χ4n) is 2.26. The van der Waals surface area contributed by atoms with Crippen molar-refractivity contribution in [2.75, 3.05) is 20.3 Å². The highest BCUT2D eigenvalue weighted by Gasteiger charge is 2.37. The molecule has 0 aliphatic heterocycles. The van der Waals surface area contributed by atoms with Gasteiger partial charge in [0, 0.05) is 26.2 Å². The largest absolute Gasteiger partial charge is 0.416 e. The van der Waals surface area contributed by atoms with Crippen LogP contribution in [0, 0.1) is 5.92 Å². The topological polar surface area (TPSA) is 27.7 Å². The van der Waals surface area contributed by atoms with Crippen molar-refractivity contribution >= 4 is 8.32 Å². The van der Waals surface area contributed by atoms with Crippen molar-refractivity contribution < 1.29 is 13.9 Å². The van der Waals surface area contributed by atoms with Gasteiger partial charge in [0.05, 0.1) is 12.7 Å². The van der Waals surface area contributed by atoms with Crippen molar-refractivity contribution in [1.82, 2.24) is 0 Å². The van der Waals surface area contributed by atoms with E-state index in [0.29, 0.717) is 19.1 Å². The van der Waals surface area contributed by atoms with Gasteiger partial charge in [0.15, 0.2) is 8.32 Å². The van der Waals surface area contributed by atoms with E-state index in [4.69, 9.17) is 13.9 Å². The number of benzene rings is 1. The summed E-state index contributed by atoms with van der Waals surface area (Å²) in [5, 5.41) is 0.244. The van der Waals surface area contributed by atoms with Crippen molar-refractivity contribution in [2.45, 2.75) is 65.0 Å². The number of ether oxygens (including phenoxy) is 2. The molecule has 138 valence electrons. The smallest absolute Gasteiger partial charge is 0.191 e. The van der Waals surface area contributed by atoms with Crippen LogP contribution in [0.25, 0.3) is 0 Å². The average Bonchev–Trinajstić information content (AvgIpc) is 2.52. The molecule has 0 saturated carbocycles. The van der Waals surface area contributed by atoms with E-state index in [9.17, 15) is 0 Å². The Balaban J connectivity index is 2.34. The number of rotatable bonds is 10. The molecule has 0 unspecified atom stereocenters. The molecule has 0 saturated heterocycles. The lowest BCUT2D eigenvalue weighted by atomic mass is 10.0. The van der Waals surface area contributed by atoms with E-state index in [2.05, 4.69) is 52.9 Å². The lowest BCUT2D eigenvalue weighted by Crippen LogP contribution is -2.43. The summed E-state index contributed by atoms with van der Waals surface area (Å²) in [7, 11) is 0.0871. The molecule has 0 heterocycles. The minimum atomic E-state index is -1.70. The highest BCUT2D eigenvalue weighted by Crippen LogP contribution is 2.37. The molecule has 0 spiro atoms. The standard InChI is InChI=1S/C20H36O3Si/c1-17(15-23-24(6,7)20(2,3)4)19(21-5)13-14-22-16-18-11-9-8-10-12-18/h8-12,17,19H,13-16H2,1-7H3/t17-,19+/m1/s1. The first-order valence-corrected chi connectivity index (χ1v) is 11.9. The second kappa shape index (κ2) is 9.71. The maximum absolute atomic E-state index is 6.33. The summed E-state index contributed by atoms with van der Waals surface area (Å²) in [6.45, 7) is 15.7. The van der Waals surface area contributed by atoms with Gasteiger partial charge < -0.3 is 13.9 Å². The van der Waals surface area contributed by atoms with Crippen LogP contribution in [-0.4, -0.2) is 34.7 Å². The van der Waals surface area contributed by atoms with Crippen LogP contribution >= 0.6 is 0 Å². The maximum atomic E-state index is 6.33. The normalized spacial score (nSPS) is 15.3. The molecular formula is C20H36O3Si. The Morgan fingerprint density at radius 2 is 1.71 bits per heavy atom. The van der Waals surface area contributed by atoms with Crippen LogP contribution in [0.5, 0.6) is 0 Å². The molecular weight excluding hydrogens is 316 g/mol. The summed E-state index contributed by atoms with van der Waals surface area (Å²) >= 11 is 0. The number of hydrogen-bond donors (Lipinski definition) is 0. The molecule has 3 nitrogen and oxygen atoms in total. The fourth-order valence-corrected chi connectivity index (χ4v) is 3.37. The third-order valence-electron chi connectivity index (χ3n) is 5.11. The van der Waals surface area contributed by atoms with Crippen molar-refractivity contribution in [1.29, 1.82) is 0 Å². The third-order valence-corrected chi connectivity index (χ3v) is 9.61. The quantitative estimate of drug-likeness (QED) is 0.424. The monoisotopic (exact) mass is 352 g/mol. The molecule has 0 N–H and O–H groups in total. The van der Waals surface area contributed by atoms with Gasteiger partial charge in [-0.2, -0.15) is 0 Å². The Kier molecular flexibility index (Phi) is 8.64. The van der Waals surface area contributed by atoms with Crippen molar-refractivity contribution in [3.63, 3.8) is 0 Å². The van der Waals surface area contributed by atoms with Crippen LogP contribution < -0.4 is 0 Å².